The minimum absolute atomic E-state index is 0.0272. The Hall–Kier alpha value is -1.93. The number of non-ortho nitro benzene ring substituents is 1. The Morgan fingerprint density at radius 1 is 1.40 bits per heavy atom. The van der Waals surface area contributed by atoms with Gasteiger partial charge in [0.05, 0.1) is 38.2 Å². The fourth-order valence-corrected chi connectivity index (χ4v) is 3.46. The van der Waals surface area contributed by atoms with Gasteiger partial charge in [-0.25, -0.2) is 4.98 Å². The molecule has 104 valence electrons. The van der Waals surface area contributed by atoms with Gasteiger partial charge in [0, 0.05) is 18.7 Å². The molecule has 1 saturated heterocycles. The number of nitro groups is 1. The maximum absolute atomic E-state index is 12.3. The molecule has 1 aromatic heterocycles. The molecule has 1 aromatic carbocycles. The predicted molar refractivity (Wildman–Crippen MR) is 73.9 cm³/mol. The maximum atomic E-state index is 12.3. The third-order valence-corrected chi connectivity index (χ3v) is 4.86. The minimum Gasteiger partial charge on any atom is -0.315 e. The van der Waals surface area contributed by atoms with Crippen LogP contribution in [0.15, 0.2) is 29.4 Å². The summed E-state index contributed by atoms with van der Waals surface area (Å²) in [4.78, 5) is 18.7. The van der Waals surface area contributed by atoms with Crippen molar-refractivity contribution in [1.29, 1.82) is 0 Å². The molecule has 2 atom stereocenters. The number of nitrogens with one attached hydrogen (secondary N) is 1. The molecule has 0 spiro atoms. The predicted octanol–water partition coefficient (Wildman–Crippen LogP) is 1.01. The molecule has 7 nitrogen and oxygen atoms in total. The Morgan fingerprint density at radius 3 is 2.95 bits per heavy atom. The zero-order valence-corrected chi connectivity index (χ0v) is 11.3. The van der Waals surface area contributed by atoms with E-state index in [1.54, 1.807) is 0 Å². The van der Waals surface area contributed by atoms with E-state index < -0.39 is 15.7 Å². The van der Waals surface area contributed by atoms with Gasteiger partial charge in [-0.3, -0.25) is 19.3 Å². The molecular formula is C12H12N4O3S. The summed E-state index contributed by atoms with van der Waals surface area (Å²) in [5.41, 5.74) is 0.928. The van der Waals surface area contributed by atoms with Gasteiger partial charge in [-0.2, -0.15) is 0 Å². The lowest BCUT2D eigenvalue weighted by Crippen LogP contribution is -2.19. The van der Waals surface area contributed by atoms with Crippen LogP contribution in [0.3, 0.4) is 0 Å². The van der Waals surface area contributed by atoms with Crippen LogP contribution < -0.4 is 5.32 Å². The van der Waals surface area contributed by atoms with Gasteiger partial charge in [0.1, 0.15) is 5.03 Å². The van der Waals surface area contributed by atoms with Crippen molar-refractivity contribution >= 4 is 27.5 Å². The van der Waals surface area contributed by atoms with Gasteiger partial charge >= 0.3 is 0 Å². The van der Waals surface area contributed by atoms with E-state index >= 15 is 0 Å². The van der Waals surface area contributed by atoms with Crippen LogP contribution in [-0.2, 0) is 10.8 Å². The highest BCUT2D eigenvalue weighted by Gasteiger charge is 2.23. The van der Waals surface area contributed by atoms with Gasteiger partial charge in [-0.05, 0) is 19.0 Å². The minimum atomic E-state index is -1.20. The zero-order chi connectivity index (χ0) is 14.1. The molecule has 2 aromatic rings. The van der Waals surface area contributed by atoms with E-state index in [1.807, 2.05) is 0 Å². The number of nitro benzene ring substituents is 1. The summed E-state index contributed by atoms with van der Waals surface area (Å²) in [5, 5.41) is 14.3. The topological polar surface area (TPSA) is 98.0 Å². The molecule has 0 aliphatic carbocycles. The van der Waals surface area contributed by atoms with Crippen LogP contribution in [0, 0.1) is 10.1 Å². The fourth-order valence-electron chi connectivity index (χ4n) is 2.17. The number of nitrogens with zero attached hydrogens (tertiary/aromatic N) is 3. The van der Waals surface area contributed by atoms with Crippen LogP contribution in [0.1, 0.15) is 6.42 Å². The molecule has 2 heterocycles. The second-order valence-corrected chi connectivity index (χ2v) is 6.23. The summed E-state index contributed by atoms with van der Waals surface area (Å²) in [6, 6.07) is 4.28. The molecule has 0 radical (unpaired) electrons. The van der Waals surface area contributed by atoms with Gasteiger partial charge in [0.15, 0.2) is 0 Å². The molecule has 1 fully saturated rings. The molecular weight excluding hydrogens is 280 g/mol. The first-order valence-corrected chi connectivity index (χ1v) is 7.39. The van der Waals surface area contributed by atoms with E-state index in [0.717, 1.165) is 13.0 Å². The van der Waals surface area contributed by atoms with Crippen LogP contribution in [0.4, 0.5) is 5.69 Å². The average Bonchev–Trinajstić information content (AvgIpc) is 2.99. The number of benzene rings is 1. The largest absolute Gasteiger partial charge is 0.315 e. The molecule has 0 bridgehead atoms. The van der Waals surface area contributed by atoms with Gasteiger partial charge in [-0.15, -0.1) is 0 Å². The summed E-state index contributed by atoms with van der Waals surface area (Å²) >= 11 is 0. The lowest BCUT2D eigenvalue weighted by molar-refractivity contribution is -0.384. The summed E-state index contributed by atoms with van der Waals surface area (Å²) < 4.78 is 12.3. The van der Waals surface area contributed by atoms with Crippen LogP contribution in [-0.4, -0.2) is 37.4 Å². The monoisotopic (exact) mass is 292 g/mol. The van der Waals surface area contributed by atoms with Crippen molar-refractivity contribution in [3.8, 4) is 0 Å². The summed E-state index contributed by atoms with van der Waals surface area (Å²) in [6.45, 7) is 1.58. The van der Waals surface area contributed by atoms with Crippen molar-refractivity contribution in [1.82, 2.24) is 15.3 Å². The molecule has 0 amide bonds. The number of hydrogen-bond acceptors (Lipinski definition) is 6. The number of fused-ring (bicyclic) bond motifs is 1. The third-order valence-electron chi connectivity index (χ3n) is 3.24. The van der Waals surface area contributed by atoms with E-state index in [0.29, 0.717) is 22.6 Å². The van der Waals surface area contributed by atoms with Crippen molar-refractivity contribution in [2.75, 3.05) is 13.1 Å². The van der Waals surface area contributed by atoms with Crippen LogP contribution in [0.25, 0.3) is 11.0 Å². The first kappa shape index (κ1) is 13.1. The first-order valence-electron chi connectivity index (χ1n) is 6.17. The quantitative estimate of drug-likeness (QED) is 0.669. The summed E-state index contributed by atoms with van der Waals surface area (Å²) in [7, 11) is -1.20. The SMILES string of the molecule is O=[N+]([O-])c1ccc2nc([S@](=O)[C@@H]3CCNC3)cnc2c1. The third kappa shape index (κ3) is 2.39. The zero-order valence-electron chi connectivity index (χ0n) is 10.5. The fraction of sp³-hybridized carbons (Fsp3) is 0.333. The molecule has 20 heavy (non-hydrogen) atoms. The van der Waals surface area contributed by atoms with Gasteiger partial charge in [0.2, 0.25) is 0 Å². The Labute approximate surface area is 117 Å². The Bertz CT molecular complexity index is 700. The van der Waals surface area contributed by atoms with E-state index in [2.05, 4.69) is 15.3 Å². The van der Waals surface area contributed by atoms with Crippen molar-refractivity contribution in [3.63, 3.8) is 0 Å². The highest BCUT2D eigenvalue weighted by Crippen LogP contribution is 2.20. The second kappa shape index (κ2) is 5.22. The number of aromatic nitrogens is 2. The van der Waals surface area contributed by atoms with Gasteiger partial charge in [-0.1, -0.05) is 0 Å². The Balaban J connectivity index is 1.96. The highest BCUT2D eigenvalue weighted by atomic mass is 32.2. The Morgan fingerprint density at radius 2 is 2.25 bits per heavy atom. The lowest BCUT2D eigenvalue weighted by atomic mass is 10.3. The van der Waals surface area contributed by atoms with Crippen LogP contribution >= 0.6 is 0 Å². The van der Waals surface area contributed by atoms with E-state index in [1.165, 1.54) is 24.4 Å². The van der Waals surface area contributed by atoms with Crippen molar-refractivity contribution in [2.24, 2.45) is 0 Å². The second-order valence-electron chi connectivity index (χ2n) is 4.55. The van der Waals surface area contributed by atoms with E-state index in [4.69, 9.17) is 0 Å². The highest BCUT2D eigenvalue weighted by molar-refractivity contribution is 7.85. The molecule has 1 N–H and O–H groups in total. The van der Waals surface area contributed by atoms with Crippen molar-refractivity contribution in [3.05, 3.63) is 34.5 Å². The Kier molecular flexibility index (Phi) is 3.41. The van der Waals surface area contributed by atoms with E-state index in [9.17, 15) is 14.3 Å². The smallest absolute Gasteiger partial charge is 0.271 e. The molecule has 0 saturated carbocycles. The van der Waals surface area contributed by atoms with Gasteiger partial charge < -0.3 is 5.32 Å². The van der Waals surface area contributed by atoms with Crippen molar-refractivity contribution in [2.45, 2.75) is 16.7 Å². The molecule has 8 heteroatoms. The molecule has 3 rings (SSSR count). The normalized spacial score (nSPS) is 20.1. The number of hydrogen-bond donors (Lipinski definition) is 1. The van der Waals surface area contributed by atoms with Crippen molar-refractivity contribution < 1.29 is 9.13 Å². The lowest BCUT2D eigenvalue weighted by Gasteiger charge is -2.07. The maximum Gasteiger partial charge on any atom is 0.271 e. The van der Waals surface area contributed by atoms with E-state index in [-0.39, 0.29) is 10.9 Å². The standard InChI is InChI=1S/C12H12N4O3S/c17-16(18)8-1-2-10-11(5-8)14-7-12(15-10)20(19)9-3-4-13-6-9/h1-2,5,7,9,13H,3-4,6H2/t9-,20-/m1/s1. The summed E-state index contributed by atoms with van der Waals surface area (Å²) in [6.07, 6.45) is 2.30. The summed E-state index contributed by atoms with van der Waals surface area (Å²) in [5.74, 6) is 0. The van der Waals surface area contributed by atoms with Crippen LogP contribution in [0.2, 0.25) is 0 Å². The van der Waals surface area contributed by atoms with Gasteiger partial charge in [0.25, 0.3) is 5.69 Å². The molecule has 0 unspecified atom stereocenters. The van der Waals surface area contributed by atoms with Crippen LogP contribution in [0.5, 0.6) is 0 Å². The first-order chi connectivity index (χ1) is 9.65. The average molecular weight is 292 g/mol. The molecule has 1 aliphatic rings. The molecule has 1 aliphatic heterocycles. The number of rotatable bonds is 3.